The molecule has 8 heteroatoms. The van der Waals surface area contributed by atoms with E-state index in [0.717, 1.165) is 0 Å². The zero-order valence-corrected chi connectivity index (χ0v) is 11.7. The number of halogens is 5. The number of nitrogens with zero attached hydrogens (tertiary/aromatic N) is 1. The van der Waals surface area contributed by atoms with E-state index in [-0.39, 0.29) is 15.1 Å². The van der Waals surface area contributed by atoms with Crippen LogP contribution < -0.4 is 0 Å². The van der Waals surface area contributed by atoms with Crippen molar-refractivity contribution < 1.29 is 4.92 Å². The van der Waals surface area contributed by atoms with E-state index in [0.29, 0.717) is 6.42 Å². The molecule has 1 rings (SSSR count). The number of hydrogen-bond donors (Lipinski definition) is 0. The van der Waals surface area contributed by atoms with Gasteiger partial charge in [0.1, 0.15) is 15.3 Å². The number of allylic oxidation sites excluding steroid dienone is 4. The lowest BCUT2D eigenvalue weighted by Gasteiger charge is -2.32. The van der Waals surface area contributed by atoms with Gasteiger partial charge >= 0.3 is 0 Å². The van der Waals surface area contributed by atoms with E-state index >= 15 is 0 Å². The summed E-state index contributed by atoms with van der Waals surface area (Å²) >= 11 is 29.5. The van der Waals surface area contributed by atoms with Crippen LogP contribution in [0, 0.1) is 10.1 Å². The Labute approximate surface area is 117 Å². The molecule has 2 unspecified atom stereocenters. The van der Waals surface area contributed by atoms with Gasteiger partial charge in [-0.15, -0.1) is 23.2 Å². The highest BCUT2D eigenvalue weighted by atomic mass is 35.5. The third kappa shape index (κ3) is 2.04. The van der Waals surface area contributed by atoms with E-state index in [4.69, 9.17) is 58.0 Å². The zero-order chi connectivity index (χ0) is 12.7. The predicted octanol–water partition coefficient (Wildman–Crippen LogP) is 4.41. The summed E-state index contributed by atoms with van der Waals surface area (Å²) in [5, 5.41) is 9.35. The summed E-state index contributed by atoms with van der Waals surface area (Å²) in [6.07, 6.45) is 0.291. The summed E-state index contributed by atoms with van der Waals surface area (Å²) in [5.41, 5.74) is -0.422. The maximum Gasteiger partial charge on any atom is 0.286 e. The molecule has 0 aliphatic heterocycles. The van der Waals surface area contributed by atoms with Crippen LogP contribution in [-0.2, 0) is 0 Å². The molecular weight excluding hydrogens is 319 g/mol. The van der Waals surface area contributed by atoms with Crippen molar-refractivity contribution >= 4 is 58.0 Å². The molecule has 0 bridgehead atoms. The highest BCUT2D eigenvalue weighted by Crippen LogP contribution is 2.50. The Morgan fingerprint density at radius 3 is 2.25 bits per heavy atom. The molecule has 0 radical (unpaired) electrons. The zero-order valence-electron chi connectivity index (χ0n) is 7.94. The van der Waals surface area contributed by atoms with Gasteiger partial charge in [-0.05, 0) is 6.42 Å². The van der Waals surface area contributed by atoms with Crippen LogP contribution in [0.2, 0.25) is 0 Å². The highest BCUT2D eigenvalue weighted by molar-refractivity contribution is 6.53. The summed E-state index contributed by atoms with van der Waals surface area (Å²) in [5.74, 6) is 0. The molecule has 2 atom stereocenters. The van der Waals surface area contributed by atoms with Crippen molar-refractivity contribution in [3.8, 4) is 0 Å². The Hall–Kier alpha value is 0.330. The molecule has 1 aliphatic rings. The molecule has 0 aromatic rings. The number of nitro groups is 1. The Balaban J connectivity index is 3.47. The first-order valence-electron chi connectivity index (χ1n) is 4.20. The van der Waals surface area contributed by atoms with Crippen molar-refractivity contribution in [3.63, 3.8) is 0 Å². The number of hydrogen-bond acceptors (Lipinski definition) is 2. The fourth-order valence-corrected chi connectivity index (χ4v) is 3.07. The molecule has 90 valence electrons. The summed E-state index contributed by atoms with van der Waals surface area (Å²) in [6, 6.07) is 0. The van der Waals surface area contributed by atoms with Crippen molar-refractivity contribution in [2.24, 2.45) is 0 Å². The van der Waals surface area contributed by atoms with Crippen LogP contribution in [-0.4, -0.2) is 15.2 Å². The number of rotatable bonds is 2. The fraction of sp³-hybridized carbons (Fsp3) is 0.500. The lowest BCUT2D eigenvalue weighted by atomic mass is 9.93. The van der Waals surface area contributed by atoms with Gasteiger partial charge in [-0.3, -0.25) is 10.1 Å². The van der Waals surface area contributed by atoms with Crippen LogP contribution in [0.1, 0.15) is 13.3 Å². The van der Waals surface area contributed by atoms with Crippen molar-refractivity contribution in [3.05, 3.63) is 30.9 Å². The Bertz CT molecular complexity index is 405. The van der Waals surface area contributed by atoms with Gasteiger partial charge in [0.15, 0.2) is 0 Å². The summed E-state index contributed by atoms with van der Waals surface area (Å²) in [4.78, 5) is 8.84. The summed E-state index contributed by atoms with van der Waals surface area (Å²) in [7, 11) is 0. The third-order valence-electron chi connectivity index (χ3n) is 2.33. The van der Waals surface area contributed by atoms with Crippen LogP contribution in [0.15, 0.2) is 20.8 Å². The minimum absolute atomic E-state index is 0.0360. The summed E-state index contributed by atoms with van der Waals surface area (Å²) in [6.45, 7) is 1.70. The topological polar surface area (TPSA) is 43.1 Å². The average molecular weight is 325 g/mol. The second kappa shape index (κ2) is 4.91. The van der Waals surface area contributed by atoms with Crippen LogP contribution >= 0.6 is 58.0 Å². The van der Waals surface area contributed by atoms with Gasteiger partial charge in [0.2, 0.25) is 0 Å². The van der Waals surface area contributed by atoms with Crippen LogP contribution in [0.4, 0.5) is 0 Å². The molecule has 0 fully saturated rings. The quantitative estimate of drug-likeness (QED) is 0.429. The lowest BCUT2D eigenvalue weighted by molar-refractivity contribution is -0.428. The van der Waals surface area contributed by atoms with Crippen LogP contribution in [0.25, 0.3) is 0 Å². The van der Waals surface area contributed by atoms with Crippen LogP contribution in [0.5, 0.6) is 0 Å². The van der Waals surface area contributed by atoms with Crippen molar-refractivity contribution in [1.82, 2.24) is 0 Å². The summed E-state index contributed by atoms with van der Waals surface area (Å²) < 4.78 is 0. The molecule has 0 aromatic carbocycles. The van der Waals surface area contributed by atoms with Crippen molar-refractivity contribution in [2.45, 2.75) is 23.6 Å². The molecule has 0 saturated heterocycles. The Morgan fingerprint density at radius 1 is 1.38 bits per heavy atom. The highest BCUT2D eigenvalue weighted by Gasteiger charge is 2.51. The molecule has 1 aliphatic carbocycles. The molecule has 16 heavy (non-hydrogen) atoms. The minimum atomic E-state index is -1.29. The molecule has 0 heterocycles. The second-order valence-electron chi connectivity index (χ2n) is 3.16. The van der Waals surface area contributed by atoms with Gasteiger partial charge < -0.3 is 0 Å². The van der Waals surface area contributed by atoms with Gasteiger partial charge in [-0.2, -0.15) is 0 Å². The van der Waals surface area contributed by atoms with E-state index in [1.54, 1.807) is 6.92 Å². The maximum atomic E-state index is 10.8. The van der Waals surface area contributed by atoms with Gasteiger partial charge in [0.25, 0.3) is 5.70 Å². The van der Waals surface area contributed by atoms with Crippen molar-refractivity contribution in [1.29, 1.82) is 0 Å². The van der Waals surface area contributed by atoms with Gasteiger partial charge in [-0.25, -0.2) is 0 Å². The van der Waals surface area contributed by atoms with E-state index in [1.807, 2.05) is 0 Å². The molecule has 0 spiro atoms. The van der Waals surface area contributed by atoms with E-state index in [1.165, 1.54) is 0 Å². The fourth-order valence-electron chi connectivity index (χ4n) is 1.34. The largest absolute Gasteiger partial charge is 0.286 e. The SMILES string of the molecule is CCC1(Cl)C(Cl)=C(Cl)C(Cl)=C([N+](=O)[O-])C1Cl. The minimum Gasteiger partial charge on any atom is -0.259 e. The third-order valence-corrected chi connectivity index (χ3v) is 5.27. The Kier molecular flexibility index (Phi) is 4.41. The average Bonchev–Trinajstić information content (AvgIpc) is 2.23. The lowest BCUT2D eigenvalue weighted by Crippen LogP contribution is -2.39. The molecule has 0 N–H and O–H groups in total. The Morgan fingerprint density at radius 2 is 1.88 bits per heavy atom. The molecule has 0 saturated carbocycles. The standard InChI is InChI=1S/C8H6Cl5NO2/c1-2-8(13)6(11)4(10)3(9)5(7(8)12)14(15)16/h7H,2H2,1H3. The molecule has 3 nitrogen and oxygen atoms in total. The smallest absolute Gasteiger partial charge is 0.259 e. The molecular formula is C8H6Cl5NO2. The maximum absolute atomic E-state index is 10.8. The monoisotopic (exact) mass is 323 g/mol. The number of alkyl halides is 2. The van der Waals surface area contributed by atoms with Crippen LogP contribution in [0.3, 0.4) is 0 Å². The van der Waals surface area contributed by atoms with Gasteiger partial charge in [-0.1, -0.05) is 41.7 Å². The predicted molar refractivity (Wildman–Crippen MR) is 67.1 cm³/mol. The van der Waals surface area contributed by atoms with E-state index in [9.17, 15) is 10.1 Å². The molecule has 0 aromatic heterocycles. The van der Waals surface area contributed by atoms with Gasteiger partial charge in [0, 0.05) is 0 Å². The first-order chi connectivity index (χ1) is 7.27. The van der Waals surface area contributed by atoms with Crippen molar-refractivity contribution in [2.75, 3.05) is 0 Å². The first-order valence-corrected chi connectivity index (χ1v) is 6.15. The second-order valence-corrected chi connectivity index (χ2v) is 5.41. The van der Waals surface area contributed by atoms with E-state index < -0.39 is 20.9 Å². The normalized spacial score (nSPS) is 31.0. The first kappa shape index (κ1) is 14.4. The van der Waals surface area contributed by atoms with E-state index in [2.05, 4.69) is 0 Å². The molecule has 0 amide bonds. The van der Waals surface area contributed by atoms with Gasteiger partial charge in [0.05, 0.1) is 15.0 Å².